The Labute approximate surface area is 175 Å². The van der Waals surface area contributed by atoms with E-state index in [4.69, 9.17) is 22.4 Å². The topological polar surface area (TPSA) is 69.8 Å². The van der Waals surface area contributed by atoms with Crippen molar-refractivity contribution in [1.82, 2.24) is 9.80 Å². The Morgan fingerprint density at radius 3 is 2.79 bits per heavy atom. The third kappa shape index (κ3) is 4.16. The number of aliphatic imine (C=N–C) groups is 1. The van der Waals surface area contributed by atoms with E-state index in [9.17, 15) is 4.39 Å². The smallest absolute Gasteiger partial charge is 0.142 e. The van der Waals surface area contributed by atoms with Gasteiger partial charge in [-0.25, -0.2) is 9.38 Å². The lowest BCUT2D eigenvalue weighted by Crippen LogP contribution is -2.55. The zero-order chi connectivity index (χ0) is 21.1. The number of likely N-dealkylation sites (N-methyl/N-ethyl adjacent to an activating group) is 1. The van der Waals surface area contributed by atoms with E-state index in [1.807, 2.05) is 18.0 Å². The molecule has 0 radical (unpaired) electrons. The van der Waals surface area contributed by atoms with Gasteiger partial charge in [0.25, 0.3) is 0 Å². The van der Waals surface area contributed by atoms with Crippen molar-refractivity contribution in [3.63, 3.8) is 0 Å². The van der Waals surface area contributed by atoms with Gasteiger partial charge in [-0.1, -0.05) is 29.8 Å². The van der Waals surface area contributed by atoms with Crippen LogP contribution < -0.4 is 4.90 Å². The summed E-state index contributed by atoms with van der Waals surface area (Å²) in [6.45, 7) is 9.02. The van der Waals surface area contributed by atoms with Crippen LogP contribution in [-0.4, -0.2) is 54.0 Å². The molecule has 1 aromatic rings. The normalized spacial score (nSPS) is 18.8. The van der Waals surface area contributed by atoms with Crippen LogP contribution in [0.4, 0.5) is 10.1 Å². The van der Waals surface area contributed by atoms with Crippen LogP contribution in [0.25, 0.3) is 0 Å². The molecule has 1 aromatic carbocycles. The summed E-state index contributed by atoms with van der Waals surface area (Å²) < 4.78 is 14.2. The minimum atomic E-state index is -0.508. The van der Waals surface area contributed by atoms with Crippen molar-refractivity contribution >= 4 is 35.3 Å². The summed E-state index contributed by atoms with van der Waals surface area (Å²) in [6, 6.07) is 2.42. The zero-order valence-corrected chi connectivity index (χ0v) is 17.1. The molecule has 0 amide bonds. The molecule has 152 valence electrons. The maximum absolute atomic E-state index is 14.2. The molecule has 2 heterocycles. The SMILES string of the molecule is C=CCN(C)Cc1cc(F)c(Cl)cc1N1C=NC2=CCC(=N)N(CC=C)C2C1=N. The third-order valence-corrected chi connectivity index (χ3v) is 5.16. The van der Waals surface area contributed by atoms with Crippen molar-refractivity contribution in [3.8, 4) is 0 Å². The number of nitrogens with one attached hydrogen (secondary N) is 2. The molecule has 1 unspecified atom stereocenters. The maximum Gasteiger partial charge on any atom is 0.142 e. The fourth-order valence-corrected chi connectivity index (χ4v) is 3.68. The molecule has 0 saturated heterocycles. The lowest BCUT2D eigenvalue weighted by molar-refractivity contribution is 0.363. The number of hydrogen-bond donors (Lipinski definition) is 2. The van der Waals surface area contributed by atoms with Crippen molar-refractivity contribution in [2.24, 2.45) is 4.99 Å². The molecule has 6 nitrogen and oxygen atoms in total. The fraction of sp³-hybridized carbons (Fsp3) is 0.286. The van der Waals surface area contributed by atoms with Crippen LogP contribution in [0.5, 0.6) is 0 Å². The molecule has 0 saturated carbocycles. The summed E-state index contributed by atoms with van der Waals surface area (Å²) in [5.74, 6) is 0.127. The monoisotopic (exact) mass is 414 g/mol. The molecule has 8 heteroatoms. The standard InChI is InChI=1S/C21H24ClFN6/c1-4-8-27(3)12-14-10-16(23)15(22)11-18(14)29-13-26-17-6-7-19(24)28(9-5-2)20(17)21(29)25/h4-6,10-11,13,20,24-25H,1-2,7-9,12H2,3H3. The van der Waals surface area contributed by atoms with Crippen LogP contribution in [0, 0.1) is 16.6 Å². The summed E-state index contributed by atoms with van der Waals surface area (Å²) in [4.78, 5) is 9.90. The van der Waals surface area contributed by atoms with E-state index in [1.54, 1.807) is 28.3 Å². The highest BCUT2D eigenvalue weighted by molar-refractivity contribution is 6.31. The van der Waals surface area contributed by atoms with Gasteiger partial charge in [0.05, 0.1) is 16.4 Å². The molecular formula is C21H24ClFN6. The summed E-state index contributed by atoms with van der Waals surface area (Å²) in [5, 5.41) is 17.1. The molecule has 1 atom stereocenters. The Balaban J connectivity index is 2.03. The van der Waals surface area contributed by atoms with Gasteiger partial charge in [-0.15, -0.1) is 13.2 Å². The van der Waals surface area contributed by atoms with Crippen molar-refractivity contribution in [2.75, 3.05) is 25.0 Å². The van der Waals surface area contributed by atoms with E-state index in [2.05, 4.69) is 18.2 Å². The van der Waals surface area contributed by atoms with E-state index < -0.39 is 11.9 Å². The molecule has 0 aliphatic carbocycles. The molecule has 2 N–H and O–H groups in total. The van der Waals surface area contributed by atoms with Crippen molar-refractivity contribution < 1.29 is 4.39 Å². The first-order valence-corrected chi connectivity index (χ1v) is 9.59. The van der Waals surface area contributed by atoms with E-state index in [0.717, 1.165) is 5.70 Å². The number of rotatable bonds is 7. The van der Waals surface area contributed by atoms with Crippen molar-refractivity contribution in [2.45, 2.75) is 19.0 Å². The van der Waals surface area contributed by atoms with Crippen molar-refractivity contribution in [3.05, 3.63) is 65.6 Å². The van der Waals surface area contributed by atoms with Crippen LogP contribution in [-0.2, 0) is 6.54 Å². The van der Waals surface area contributed by atoms with Gasteiger partial charge in [0, 0.05) is 26.1 Å². The molecule has 0 aromatic heterocycles. The van der Waals surface area contributed by atoms with Crippen LogP contribution in [0.15, 0.2) is 54.2 Å². The first kappa shape index (κ1) is 21.0. The maximum atomic E-state index is 14.2. The Hall–Kier alpha value is -2.77. The van der Waals surface area contributed by atoms with E-state index in [1.165, 1.54) is 12.1 Å². The Morgan fingerprint density at radius 2 is 2.10 bits per heavy atom. The molecule has 0 fully saturated rings. The van der Waals surface area contributed by atoms with Crippen molar-refractivity contribution in [1.29, 1.82) is 10.8 Å². The molecule has 29 heavy (non-hydrogen) atoms. The predicted octanol–water partition coefficient (Wildman–Crippen LogP) is 4.04. The quantitative estimate of drug-likeness (QED) is 0.661. The van der Waals surface area contributed by atoms with Crippen LogP contribution >= 0.6 is 11.6 Å². The number of fused-ring (bicyclic) bond motifs is 1. The fourth-order valence-electron chi connectivity index (χ4n) is 3.53. The van der Waals surface area contributed by atoms with Crippen LogP contribution in [0.1, 0.15) is 12.0 Å². The van der Waals surface area contributed by atoms with Gasteiger partial charge in [-0.3, -0.25) is 20.6 Å². The average molecular weight is 415 g/mol. The van der Waals surface area contributed by atoms with E-state index in [0.29, 0.717) is 43.1 Å². The van der Waals surface area contributed by atoms with Gasteiger partial charge in [0.2, 0.25) is 0 Å². The van der Waals surface area contributed by atoms with Gasteiger partial charge in [-0.2, -0.15) is 0 Å². The lowest BCUT2D eigenvalue weighted by atomic mass is 10.0. The largest absolute Gasteiger partial charge is 0.341 e. The summed E-state index contributed by atoms with van der Waals surface area (Å²) in [6.07, 6.45) is 7.37. The highest BCUT2D eigenvalue weighted by Crippen LogP contribution is 2.33. The Bertz CT molecular complexity index is 922. The average Bonchev–Trinajstić information content (AvgIpc) is 2.67. The molecule has 0 bridgehead atoms. The third-order valence-electron chi connectivity index (χ3n) is 4.87. The van der Waals surface area contributed by atoms with Gasteiger partial charge in [0.15, 0.2) is 0 Å². The Morgan fingerprint density at radius 1 is 1.34 bits per heavy atom. The first-order valence-electron chi connectivity index (χ1n) is 9.21. The number of amidine groups is 2. The Kier molecular flexibility index (Phi) is 6.30. The summed E-state index contributed by atoms with van der Waals surface area (Å²) >= 11 is 6.07. The second kappa shape index (κ2) is 8.71. The molecule has 3 rings (SSSR count). The second-order valence-electron chi connectivity index (χ2n) is 7.00. The number of anilines is 1. The minimum Gasteiger partial charge on any atom is -0.341 e. The second-order valence-corrected chi connectivity index (χ2v) is 7.41. The highest BCUT2D eigenvalue weighted by Gasteiger charge is 2.37. The minimum absolute atomic E-state index is 0.0167. The number of benzene rings is 1. The van der Waals surface area contributed by atoms with Gasteiger partial charge < -0.3 is 4.90 Å². The summed E-state index contributed by atoms with van der Waals surface area (Å²) in [7, 11) is 1.91. The number of halogens is 2. The predicted molar refractivity (Wildman–Crippen MR) is 118 cm³/mol. The van der Waals surface area contributed by atoms with Gasteiger partial charge in [0.1, 0.15) is 29.9 Å². The van der Waals surface area contributed by atoms with Crippen LogP contribution in [0.2, 0.25) is 5.02 Å². The van der Waals surface area contributed by atoms with E-state index in [-0.39, 0.29) is 10.9 Å². The highest BCUT2D eigenvalue weighted by atomic mass is 35.5. The number of nitrogens with zero attached hydrogens (tertiary/aromatic N) is 4. The van der Waals surface area contributed by atoms with Gasteiger partial charge >= 0.3 is 0 Å². The molecular weight excluding hydrogens is 391 g/mol. The number of hydrogen-bond acceptors (Lipinski definition) is 4. The van der Waals surface area contributed by atoms with Crippen LogP contribution in [0.3, 0.4) is 0 Å². The molecule has 2 aliphatic rings. The first-order chi connectivity index (χ1) is 13.9. The molecule has 0 spiro atoms. The van der Waals surface area contributed by atoms with Gasteiger partial charge in [-0.05, 0) is 24.7 Å². The zero-order valence-electron chi connectivity index (χ0n) is 16.3. The van der Waals surface area contributed by atoms with E-state index >= 15 is 0 Å². The lowest BCUT2D eigenvalue weighted by Gasteiger charge is -2.41. The molecule has 2 aliphatic heterocycles. The summed E-state index contributed by atoms with van der Waals surface area (Å²) in [5.41, 5.74) is 2.00.